The Morgan fingerprint density at radius 1 is 1.44 bits per heavy atom. The van der Waals surface area contributed by atoms with Gasteiger partial charge in [-0.25, -0.2) is 0 Å². The molecule has 0 aromatic heterocycles. The fourth-order valence-electron chi connectivity index (χ4n) is 1.48. The van der Waals surface area contributed by atoms with Crippen LogP contribution in [0.2, 0.25) is 0 Å². The zero-order valence-electron chi connectivity index (χ0n) is 10.5. The summed E-state index contributed by atoms with van der Waals surface area (Å²) in [6, 6.07) is 4.63. The van der Waals surface area contributed by atoms with Gasteiger partial charge in [-0.15, -0.1) is 0 Å². The molecule has 0 atom stereocenters. The number of carbonyl (C=O) groups is 1. The molecule has 0 unspecified atom stereocenters. The minimum atomic E-state index is -0.505. The number of anilines is 1. The summed E-state index contributed by atoms with van der Waals surface area (Å²) in [6.07, 6.45) is 0.928. The van der Waals surface area contributed by atoms with Crippen molar-refractivity contribution in [2.75, 3.05) is 18.4 Å². The summed E-state index contributed by atoms with van der Waals surface area (Å²) in [6.45, 7) is 4.70. The molecule has 0 aliphatic rings. The second kappa shape index (κ2) is 6.70. The van der Waals surface area contributed by atoms with E-state index in [1.807, 2.05) is 13.8 Å². The van der Waals surface area contributed by atoms with Crippen molar-refractivity contribution in [3.63, 3.8) is 0 Å². The highest BCUT2D eigenvalue weighted by Gasteiger charge is 2.15. The zero-order chi connectivity index (χ0) is 13.5. The molecule has 0 aliphatic carbocycles. The van der Waals surface area contributed by atoms with Crippen LogP contribution in [-0.4, -0.2) is 23.9 Å². The first-order chi connectivity index (χ1) is 8.54. The molecule has 0 radical (unpaired) electrons. The minimum absolute atomic E-state index is 0.0931. The van der Waals surface area contributed by atoms with E-state index in [9.17, 15) is 14.9 Å². The molecule has 98 valence electrons. The van der Waals surface area contributed by atoms with Crippen LogP contribution in [0.15, 0.2) is 18.2 Å². The number of amides is 1. The number of nitro groups is 1. The van der Waals surface area contributed by atoms with Crippen LogP contribution in [0.1, 0.15) is 18.9 Å². The lowest BCUT2D eigenvalue weighted by molar-refractivity contribution is -0.383. The molecule has 1 amide bonds. The summed E-state index contributed by atoms with van der Waals surface area (Å²) in [7, 11) is 0. The third kappa shape index (κ3) is 4.14. The first-order valence-electron chi connectivity index (χ1n) is 5.80. The molecule has 0 bridgehead atoms. The monoisotopic (exact) mass is 251 g/mol. The Morgan fingerprint density at radius 2 is 2.17 bits per heavy atom. The lowest BCUT2D eigenvalue weighted by Crippen LogP contribution is -2.28. The SMILES string of the molecule is CCCNCC(=O)Nc1cc(C)ccc1[N+](=O)[O-]. The van der Waals surface area contributed by atoms with Crippen LogP contribution < -0.4 is 10.6 Å². The van der Waals surface area contributed by atoms with Gasteiger partial charge in [0, 0.05) is 6.07 Å². The van der Waals surface area contributed by atoms with Gasteiger partial charge in [-0.1, -0.05) is 13.0 Å². The van der Waals surface area contributed by atoms with E-state index in [0.29, 0.717) is 0 Å². The molecule has 1 aromatic rings. The maximum absolute atomic E-state index is 11.6. The Hall–Kier alpha value is -1.95. The maximum atomic E-state index is 11.6. The van der Waals surface area contributed by atoms with Crippen molar-refractivity contribution < 1.29 is 9.72 Å². The number of hydrogen-bond acceptors (Lipinski definition) is 4. The third-order valence-electron chi connectivity index (χ3n) is 2.34. The number of nitrogens with zero attached hydrogens (tertiary/aromatic N) is 1. The van der Waals surface area contributed by atoms with Gasteiger partial charge in [0.05, 0.1) is 11.5 Å². The van der Waals surface area contributed by atoms with Crippen molar-refractivity contribution in [3.05, 3.63) is 33.9 Å². The van der Waals surface area contributed by atoms with Gasteiger partial charge in [0.2, 0.25) is 5.91 Å². The number of carbonyl (C=O) groups excluding carboxylic acids is 1. The van der Waals surface area contributed by atoms with Gasteiger partial charge in [-0.2, -0.15) is 0 Å². The van der Waals surface area contributed by atoms with Gasteiger partial charge >= 0.3 is 0 Å². The summed E-state index contributed by atoms with van der Waals surface area (Å²) in [5.41, 5.74) is 1.00. The molecule has 1 aromatic carbocycles. The quantitative estimate of drug-likeness (QED) is 0.459. The van der Waals surface area contributed by atoms with E-state index in [4.69, 9.17) is 0 Å². The summed E-state index contributed by atoms with van der Waals surface area (Å²) in [4.78, 5) is 21.9. The predicted molar refractivity (Wildman–Crippen MR) is 69.6 cm³/mol. The summed E-state index contributed by atoms with van der Waals surface area (Å²) < 4.78 is 0. The molecule has 6 heteroatoms. The van der Waals surface area contributed by atoms with Crippen molar-refractivity contribution >= 4 is 17.3 Å². The van der Waals surface area contributed by atoms with E-state index in [0.717, 1.165) is 18.5 Å². The molecule has 18 heavy (non-hydrogen) atoms. The fraction of sp³-hybridized carbons (Fsp3) is 0.417. The second-order valence-electron chi connectivity index (χ2n) is 4.00. The third-order valence-corrected chi connectivity index (χ3v) is 2.34. The number of benzene rings is 1. The Balaban J connectivity index is 2.73. The molecule has 0 fully saturated rings. The van der Waals surface area contributed by atoms with Gasteiger partial charge in [0.15, 0.2) is 0 Å². The van der Waals surface area contributed by atoms with Crippen molar-refractivity contribution in [3.8, 4) is 0 Å². The van der Waals surface area contributed by atoms with Crippen molar-refractivity contribution in [2.45, 2.75) is 20.3 Å². The van der Waals surface area contributed by atoms with Crippen LogP contribution in [0, 0.1) is 17.0 Å². The highest BCUT2D eigenvalue weighted by atomic mass is 16.6. The normalized spacial score (nSPS) is 10.1. The Labute approximate surface area is 106 Å². The molecule has 0 aliphatic heterocycles. The van der Waals surface area contributed by atoms with Crippen LogP contribution in [0.25, 0.3) is 0 Å². The molecule has 6 nitrogen and oxygen atoms in total. The lowest BCUT2D eigenvalue weighted by Gasteiger charge is -2.07. The van der Waals surface area contributed by atoms with E-state index in [2.05, 4.69) is 10.6 Å². The first kappa shape index (κ1) is 14.1. The van der Waals surface area contributed by atoms with Gasteiger partial charge < -0.3 is 10.6 Å². The number of aryl methyl sites for hydroxylation is 1. The van der Waals surface area contributed by atoms with Crippen LogP contribution >= 0.6 is 0 Å². The molecule has 0 saturated heterocycles. The number of nitro benzene ring substituents is 1. The molecule has 2 N–H and O–H groups in total. The zero-order valence-corrected chi connectivity index (χ0v) is 10.5. The van der Waals surface area contributed by atoms with Crippen molar-refractivity contribution in [2.24, 2.45) is 0 Å². The van der Waals surface area contributed by atoms with Crippen LogP contribution in [0.4, 0.5) is 11.4 Å². The maximum Gasteiger partial charge on any atom is 0.292 e. The van der Waals surface area contributed by atoms with Gasteiger partial charge in [-0.3, -0.25) is 14.9 Å². The van der Waals surface area contributed by atoms with E-state index < -0.39 is 4.92 Å². The summed E-state index contributed by atoms with van der Waals surface area (Å²) in [5.74, 6) is -0.280. The fourth-order valence-corrected chi connectivity index (χ4v) is 1.48. The van der Waals surface area contributed by atoms with E-state index in [1.54, 1.807) is 12.1 Å². The Kier molecular flexibility index (Phi) is 5.26. The first-order valence-corrected chi connectivity index (χ1v) is 5.80. The smallest absolute Gasteiger partial charge is 0.292 e. The highest BCUT2D eigenvalue weighted by molar-refractivity contribution is 5.94. The van der Waals surface area contributed by atoms with Crippen molar-refractivity contribution in [1.82, 2.24) is 5.32 Å². The average molecular weight is 251 g/mol. The molecule has 0 spiro atoms. The summed E-state index contributed by atoms with van der Waals surface area (Å²) >= 11 is 0. The standard InChI is InChI=1S/C12H17N3O3/c1-3-6-13-8-12(16)14-10-7-9(2)4-5-11(10)15(17)18/h4-5,7,13H,3,6,8H2,1-2H3,(H,14,16). The van der Waals surface area contributed by atoms with Gasteiger partial charge in [-0.05, 0) is 31.5 Å². The van der Waals surface area contributed by atoms with E-state index >= 15 is 0 Å². The molecular formula is C12H17N3O3. The van der Waals surface area contributed by atoms with Crippen LogP contribution in [0.3, 0.4) is 0 Å². The van der Waals surface area contributed by atoms with Crippen LogP contribution in [-0.2, 0) is 4.79 Å². The molecule has 1 rings (SSSR count). The molecular weight excluding hydrogens is 234 g/mol. The lowest BCUT2D eigenvalue weighted by atomic mass is 10.2. The van der Waals surface area contributed by atoms with E-state index in [1.165, 1.54) is 6.07 Å². The molecule has 0 heterocycles. The topological polar surface area (TPSA) is 84.3 Å². The largest absolute Gasteiger partial charge is 0.319 e. The van der Waals surface area contributed by atoms with Gasteiger partial charge in [0.25, 0.3) is 5.69 Å². The van der Waals surface area contributed by atoms with Crippen molar-refractivity contribution in [1.29, 1.82) is 0 Å². The predicted octanol–water partition coefficient (Wildman–Crippen LogP) is 1.84. The molecule has 0 saturated carbocycles. The Morgan fingerprint density at radius 3 is 2.78 bits per heavy atom. The second-order valence-corrected chi connectivity index (χ2v) is 4.00. The van der Waals surface area contributed by atoms with Crippen LogP contribution in [0.5, 0.6) is 0 Å². The number of hydrogen-bond donors (Lipinski definition) is 2. The average Bonchev–Trinajstić information content (AvgIpc) is 2.29. The van der Waals surface area contributed by atoms with Gasteiger partial charge in [0.1, 0.15) is 5.69 Å². The minimum Gasteiger partial charge on any atom is -0.319 e. The summed E-state index contributed by atoms with van der Waals surface area (Å²) in [5, 5.41) is 16.3. The number of rotatable bonds is 6. The van der Waals surface area contributed by atoms with E-state index in [-0.39, 0.29) is 23.8 Å². The Bertz CT molecular complexity index is 446. The highest BCUT2D eigenvalue weighted by Crippen LogP contribution is 2.24. The number of nitrogens with one attached hydrogen (secondary N) is 2.